The lowest BCUT2D eigenvalue weighted by Crippen LogP contribution is -2.62. The number of phenols is 1. The highest BCUT2D eigenvalue weighted by molar-refractivity contribution is 7.98. The zero-order valence-corrected chi connectivity index (χ0v) is 59.2. The van der Waals surface area contributed by atoms with Gasteiger partial charge in [0.25, 0.3) is 5.91 Å². The molecule has 5 heterocycles. The standard InChI is InChI=1S/C76H82F2N14O11S2/c1-76-27-10-29-92(76)73(101)61(32-44-18-22-52(93)23-19-44)86-66(96)40-91-63-17-6-5-15-53(63)67(47-13-3-2-4-14-47)89-69(74(91)102)90-72(100)60(34-49-38-82-57-25-21-51(78)36-55(49)57)87-71(99)59(33-48-37-81-56-24-20-50(77)35-54(48)56)85-65(95)39-83-70(98)58(16-7-8-28-79)84-64(94)26-30-104-41-45-11-9-12-46(31-45)42-105-43-62(68(80)97)88-75(76)103/h2-6,9,11-15,17-25,31,35-38,58-62,69,81-82,93H,7-8,10,16,26-30,32-34,39-43,79H2,1H3,(H2,80,97)(H,83,98)(H,84,94)(H,85,95)(H,86,96)(H,87,99)(H,88,103)(H,90,100)/t58-,59-,60-,61-,62-,69-,76-/m0/s1. The molecule has 10 amide bonds. The molecule has 11 rings (SSSR count). The number of nitrogens with zero attached hydrogens (tertiary/aromatic N) is 3. The van der Waals surface area contributed by atoms with Gasteiger partial charge in [-0.15, -0.1) is 0 Å². The number of amides is 10. The van der Waals surface area contributed by atoms with Gasteiger partial charge in [-0.1, -0.05) is 84.9 Å². The number of aliphatic imine (C=N–C) groups is 1. The van der Waals surface area contributed by atoms with Crippen LogP contribution < -0.4 is 53.6 Å². The Bertz CT molecular complexity index is 4600. The van der Waals surface area contributed by atoms with Crippen LogP contribution in [0.5, 0.6) is 5.75 Å². The van der Waals surface area contributed by atoms with Crippen molar-refractivity contribution in [1.82, 2.24) is 52.1 Å². The minimum Gasteiger partial charge on any atom is -0.508 e. The predicted molar refractivity (Wildman–Crippen MR) is 396 cm³/mol. The van der Waals surface area contributed by atoms with E-state index in [2.05, 4.69) is 47.2 Å². The molecule has 6 aromatic carbocycles. The third-order valence-corrected chi connectivity index (χ3v) is 20.9. The van der Waals surface area contributed by atoms with Crippen molar-refractivity contribution >= 4 is 116 Å². The van der Waals surface area contributed by atoms with Gasteiger partial charge in [-0.3, -0.25) is 52.8 Å². The van der Waals surface area contributed by atoms with E-state index in [1.54, 1.807) is 73.7 Å². The van der Waals surface area contributed by atoms with E-state index in [0.717, 1.165) is 16.0 Å². The lowest BCUT2D eigenvalue weighted by Gasteiger charge is -2.37. The van der Waals surface area contributed by atoms with Gasteiger partial charge in [-0.05, 0) is 128 Å². The van der Waals surface area contributed by atoms with Crippen LogP contribution >= 0.6 is 23.5 Å². The summed E-state index contributed by atoms with van der Waals surface area (Å²) in [5.41, 5.74) is 15.3. The number of hydrogen-bond donors (Lipinski definition) is 12. The number of aromatic amines is 2. The monoisotopic (exact) mass is 1470 g/mol. The summed E-state index contributed by atoms with van der Waals surface area (Å²) in [6.07, 6.45) is 1.95. The number of aromatic nitrogens is 2. The lowest BCUT2D eigenvalue weighted by molar-refractivity contribution is -0.147. The summed E-state index contributed by atoms with van der Waals surface area (Å²) in [5, 5.41) is 30.2. The first-order valence-electron chi connectivity index (χ1n) is 34.6. The van der Waals surface area contributed by atoms with Gasteiger partial charge in [0.1, 0.15) is 59.7 Å². The highest BCUT2D eigenvalue weighted by Crippen LogP contribution is 2.33. The predicted octanol–water partition coefficient (Wildman–Crippen LogP) is 5.09. The number of phenolic OH excluding ortho intramolecular Hbond substituents is 1. The second-order valence-corrected chi connectivity index (χ2v) is 28.5. The molecule has 14 N–H and O–H groups in total. The zero-order valence-electron chi connectivity index (χ0n) is 57.5. The highest BCUT2D eigenvalue weighted by atomic mass is 32.2. The zero-order chi connectivity index (χ0) is 74.3. The van der Waals surface area contributed by atoms with Crippen molar-refractivity contribution in [3.8, 4) is 5.75 Å². The maximum Gasteiger partial charge on any atom is 0.272 e. The number of thioether (sulfide) groups is 2. The number of nitrogens with two attached hydrogens (primary N) is 2. The number of H-pyrrole nitrogens is 2. The first-order valence-corrected chi connectivity index (χ1v) is 36.9. The van der Waals surface area contributed by atoms with E-state index in [0.29, 0.717) is 92.7 Å². The number of unbranched alkanes of at least 4 members (excludes halogenated alkanes) is 1. The van der Waals surface area contributed by atoms with Gasteiger partial charge in [0.15, 0.2) is 0 Å². The summed E-state index contributed by atoms with van der Waals surface area (Å²) in [6, 6.07) is 29.8. The van der Waals surface area contributed by atoms with E-state index in [-0.39, 0.29) is 68.0 Å². The fourth-order valence-electron chi connectivity index (χ4n) is 13.2. The summed E-state index contributed by atoms with van der Waals surface area (Å²) in [5.74, 6) is -7.94. The Morgan fingerprint density at radius 3 is 1.94 bits per heavy atom. The van der Waals surface area contributed by atoms with Crippen molar-refractivity contribution in [3.05, 3.63) is 202 Å². The molecule has 0 spiro atoms. The summed E-state index contributed by atoms with van der Waals surface area (Å²) < 4.78 is 30.1. The third kappa shape index (κ3) is 18.9. The summed E-state index contributed by atoms with van der Waals surface area (Å²) >= 11 is 2.83. The van der Waals surface area contributed by atoms with E-state index in [1.165, 1.54) is 89.3 Å². The Balaban J connectivity index is 0.957. The Hall–Kier alpha value is -10.9. The van der Waals surface area contributed by atoms with E-state index < -0.39 is 126 Å². The normalized spacial score (nSPS) is 22.0. The van der Waals surface area contributed by atoms with Crippen molar-refractivity contribution in [2.45, 2.75) is 118 Å². The molecular weight excluding hydrogens is 1390 g/mol. The van der Waals surface area contributed by atoms with Crippen LogP contribution in [0, 0.1) is 11.6 Å². The van der Waals surface area contributed by atoms with Gasteiger partial charge in [0, 0.05) is 101 Å². The molecule has 105 heavy (non-hydrogen) atoms. The maximum absolute atomic E-state index is 15.7. The van der Waals surface area contributed by atoms with E-state index in [1.807, 2.05) is 24.3 Å². The number of benzene rings is 6. The quantitative estimate of drug-likeness (QED) is 0.0709. The van der Waals surface area contributed by atoms with E-state index in [9.17, 15) is 33.5 Å². The summed E-state index contributed by atoms with van der Waals surface area (Å²) in [7, 11) is 0. The van der Waals surface area contributed by atoms with Gasteiger partial charge in [0.2, 0.25) is 59.3 Å². The number of carbonyl (C=O) groups excluding carboxylic acids is 10. The first-order chi connectivity index (χ1) is 50.6. The van der Waals surface area contributed by atoms with Crippen LogP contribution in [0.3, 0.4) is 0 Å². The Morgan fingerprint density at radius 1 is 0.638 bits per heavy atom. The molecule has 25 nitrogen and oxygen atoms in total. The molecule has 548 valence electrons. The molecule has 0 radical (unpaired) electrons. The Kier molecular flexibility index (Phi) is 24.8. The van der Waals surface area contributed by atoms with Gasteiger partial charge < -0.3 is 68.7 Å². The van der Waals surface area contributed by atoms with Crippen molar-refractivity contribution in [3.63, 3.8) is 0 Å². The summed E-state index contributed by atoms with van der Waals surface area (Å²) in [6.45, 7) is 0.438. The van der Waals surface area contributed by atoms with Crippen LogP contribution in [0.1, 0.15) is 84.4 Å². The SMILES string of the molecule is C[C@@]12CCCN1C(=O)[C@H](Cc1ccc(O)cc1)NC(=O)CN1C(=O)[C@@H](N=C(c3ccccc3)c3ccccc31)NC(=O)[C@H](Cc1c[nH]c3ccc(F)cc13)NC(=O)[C@H](Cc1c[nH]c3ccc(F)cc13)NC(=O)CNC(=O)[C@H](CCCCN)NC(=O)CCSCc1cccc(c1)CSC[C@@H](C(N)=O)NC2=O. The topological polar surface area (TPSA) is 378 Å². The molecule has 8 aromatic rings. The van der Waals surface area contributed by atoms with Gasteiger partial charge in [-0.2, -0.15) is 23.5 Å². The fraction of sp³-hybridized carbons (Fsp3) is 0.329. The van der Waals surface area contributed by atoms with Crippen molar-refractivity contribution in [2.24, 2.45) is 16.5 Å². The number of anilines is 1. The molecule has 0 aliphatic carbocycles. The van der Waals surface area contributed by atoms with Gasteiger partial charge >= 0.3 is 0 Å². The molecule has 29 heteroatoms. The molecule has 1 fully saturated rings. The van der Waals surface area contributed by atoms with Crippen molar-refractivity contribution in [2.75, 3.05) is 42.6 Å². The number of hydrogen-bond acceptors (Lipinski definition) is 15. The average molecular weight is 1470 g/mol. The first kappa shape index (κ1) is 75.3. The van der Waals surface area contributed by atoms with E-state index >= 15 is 28.4 Å². The fourth-order valence-corrected chi connectivity index (χ4v) is 15.1. The minimum atomic E-state index is -1.90. The molecular formula is C76H82F2N14O11S2. The van der Waals surface area contributed by atoms with E-state index in [4.69, 9.17) is 16.5 Å². The van der Waals surface area contributed by atoms with Crippen LogP contribution in [-0.4, -0.2) is 164 Å². The lowest BCUT2D eigenvalue weighted by atomic mass is 9.95. The van der Waals surface area contributed by atoms with Crippen molar-refractivity contribution < 1.29 is 61.8 Å². The molecule has 0 unspecified atom stereocenters. The summed E-state index contributed by atoms with van der Waals surface area (Å²) in [4.78, 5) is 160. The van der Waals surface area contributed by atoms with Gasteiger partial charge in [-0.25, -0.2) is 13.8 Å². The Morgan fingerprint density at radius 2 is 1.27 bits per heavy atom. The van der Waals surface area contributed by atoms with Crippen LogP contribution in [0.25, 0.3) is 21.8 Å². The number of fused-ring (bicyclic) bond motifs is 9. The second-order valence-electron chi connectivity index (χ2n) is 26.3. The number of rotatable bonds is 12. The highest BCUT2D eigenvalue weighted by Gasteiger charge is 2.49. The number of para-hydroxylation sites is 1. The molecule has 4 bridgehead atoms. The molecule has 3 aliphatic heterocycles. The minimum absolute atomic E-state index is 0.0276. The Labute approximate surface area is 612 Å². The maximum atomic E-state index is 15.7. The third-order valence-electron chi connectivity index (χ3n) is 18.8. The number of carbonyl (C=O) groups is 10. The molecule has 0 saturated carbocycles. The van der Waals surface area contributed by atoms with Crippen LogP contribution in [-0.2, 0) is 78.7 Å². The number of nitrogens with one attached hydrogen (secondary N) is 9. The smallest absolute Gasteiger partial charge is 0.272 e. The van der Waals surface area contributed by atoms with Crippen LogP contribution in [0.15, 0.2) is 157 Å². The number of halogens is 2. The van der Waals surface area contributed by atoms with Crippen molar-refractivity contribution in [1.29, 1.82) is 0 Å². The average Bonchev–Trinajstić information content (AvgIpc) is 1.67. The molecule has 1 saturated heterocycles. The second kappa shape index (κ2) is 34.6. The molecule has 7 atom stereocenters. The largest absolute Gasteiger partial charge is 0.508 e. The molecule has 3 aliphatic rings. The number of aromatic hydroxyl groups is 1. The van der Waals surface area contributed by atoms with Crippen LogP contribution in [0.4, 0.5) is 14.5 Å². The van der Waals surface area contributed by atoms with Crippen LogP contribution in [0.2, 0.25) is 0 Å². The van der Waals surface area contributed by atoms with Gasteiger partial charge in [0.05, 0.1) is 17.9 Å². The number of primary amides is 1. The molecule has 2 aromatic heterocycles.